The molecule has 0 unspecified atom stereocenters. The number of carbonyl (C=O) groups excluding carboxylic acids is 1. The van der Waals surface area contributed by atoms with E-state index in [0.717, 1.165) is 27.2 Å². The summed E-state index contributed by atoms with van der Waals surface area (Å²) in [6, 6.07) is 17.2. The molecule has 0 aliphatic carbocycles. The molecule has 2 aromatic carbocycles. The quantitative estimate of drug-likeness (QED) is 0.464. The van der Waals surface area contributed by atoms with Crippen LogP contribution in [0.1, 0.15) is 15.2 Å². The maximum Gasteiger partial charge on any atom is 0.348 e. The van der Waals surface area contributed by atoms with Crippen LogP contribution in [0.5, 0.6) is 11.5 Å². The van der Waals surface area contributed by atoms with E-state index >= 15 is 0 Å². The first-order valence-electron chi connectivity index (χ1n) is 8.58. The Hall–Kier alpha value is -3.45. The number of aryl methyl sites for hydroxylation is 1. The van der Waals surface area contributed by atoms with Gasteiger partial charge in [-0.05, 0) is 36.8 Å². The summed E-state index contributed by atoms with van der Waals surface area (Å²) in [6.45, 7) is 1.87. The van der Waals surface area contributed by atoms with Gasteiger partial charge in [-0.2, -0.15) is 0 Å². The lowest BCUT2D eigenvalue weighted by atomic mass is 10.2. The van der Waals surface area contributed by atoms with Crippen LogP contribution >= 0.6 is 11.3 Å². The Morgan fingerprint density at radius 3 is 2.57 bits per heavy atom. The van der Waals surface area contributed by atoms with E-state index in [1.54, 1.807) is 0 Å². The number of anilines is 2. The fraction of sp³-hybridized carbons (Fsp3) is 0.0952. The number of aromatic nitrogens is 2. The average molecular weight is 391 g/mol. The number of fused-ring (bicyclic) bond motifs is 1. The number of ether oxygens (including phenoxy) is 2. The zero-order valence-corrected chi connectivity index (χ0v) is 16.1. The normalized spacial score (nSPS) is 10.6. The van der Waals surface area contributed by atoms with E-state index < -0.39 is 0 Å². The molecule has 1 N–H and O–H groups in total. The Balaban J connectivity index is 1.73. The van der Waals surface area contributed by atoms with Crippen molar-refractivity contribution in [3.05, 3.63) is 71.4 Å². The number of carbonyl (C=O) groups is 1. The predicted octanol–water partition coefficient (Wildman–Crippen LogP) is 5.32. The fourth-order valence-electron chi connectivity index (χ4n) is 2.86. The number of thiophene rings is 1. The maximum absolute atomic E-state index is 12.0. The standard InChI is InChI=1S/C21H17N3O3S/c1-13-17-19(22-12-23-20(17)28-18(13)21(25)26-2)24-15-10-6-7-11-16(15)27-14-8-4-3-5-9-14/h3-12H,1-2H3,(H,22,23,24). The molecule has 0 aliphatic rings. The molecule has 0 bridgehead atoms. The Morgan fingerprint density at radius 1 is 1.04 bits per heavy atom. The van der Waals surface area contributed by atoms with Crippen LogP contribution in [0, 0.1) is 6.92 Å². The zero-order chi connectivity index (χ0) is 19.5. The van der Waals surface area contributed by atoms with Crippen molar-refractivity contribution < 1.29 is 14.3 Å². The molecule has 0 amide bonds. The number of rotatable bonds is 5. The lowest BCUT2D eigenvalue weighted by molar-refractivity contribution is 0.0605. The van der Waals surface area contributed by atoms with Crippen molar-refractivity contribution in [1.29, 1.82) is 0 Å². The van der Waals surface area contributed by atoms with Gasteiger partial charge in [0.25, 0.3) is 0 Å². The summed E-state index contributed by atoms with van der Waals surface area (Å²) in [6.07, 6.45) is 1.47. The topological polar surface area (TPSA) is 73.3 Å². The highest BCUT2D eigenvalue weighted by molar-refractivity contribution is 7.20. The summed E-state index contributed by atoms with van der Waals surface area (Å²) < 4.78 is 10.9. The van der Waals surface area contributed by atoms with Gasteiger partial charge in [0, 0.05) is 0 Å². The number of benzene rings is 2. The van der Waals surface area contributed by atoms with Crippen LogP contribution in [-0.2, 0) is 4.74 Å². The molecule has 0 saturated heterocycles. The average Bonchev–Trinajstić information content (AvgIpc) is 3.07. The third-order valence-corrected chi connectivity index (χ3v) is 5.39. The maximum atomic E-state index is 12.0. The first kappa shape index (κ1) is 17.9. The molecule has 0 aliphatic heterocycles. The van der Waals surface area contributed by atoms with Gasteiger partial charge >= 0.3 is 5.97 Å². The van der Waals surface area contributed by atoms with E-state index in [2.05, 4.69) is 15.3 Å². The minimum Gasteiger partial charge on any atom is -0.465 e. The molecule has 2 heterocycles. The van der Waals surface area contributed by atoms with Crippen LogP contribution in [-0.4, -0.2) is 23.0 Å². The third kappa shape index (κ3) is 3.39. The second kappa shape index (κ2) is 7.66. The Morgan fingerprint density at radius 2 is 1.79 bits per heavy atom. The second-order valence-electron chi connectivity index (χ2n) is 5.99. The summed E-state index contributed by atoms with van der Waals surface area (Å²) in [5, 5.41) is 4.12. The lowest BCUT2D eigenvalue weighted by Crippen LogP contribution is -2.00. The second-order valence-corrected chi connectivity index (χ2v) is 6.99. The summed E-state index contributed by atoms with van der Waals surface area (Å²) in [5.41, 5.74) is 1.55. The third-order valence-electron chi connectivity index (χ3n) is 4.21. The van der Waals surface area contributed by atoms with Gasteiger partial charge in [0.15, 0.2) is 5.75 Å². The molecule has 6 nitrogen and oxygen atoms in total. The van der Waals surface area contributed by atoms with Crippen molar-refractivity contribution in [3.8, 4) is 11.5 Å². The molecule has 140 valence electrons. The summed E-state index contributed by atoms with van der Waals surface area (Å²) in [4.78, 5) is 22.0. The molecular weight excluding hydrogens is 374 g/mol. The highest BCUT2D eigenvalue weighted by atomic mass is 32.1. The SMILES string of the molecule is COC(=O)c1sc2ncnc(Nc3ccccc3Oc3ccccc3)c2c1C. The van der Waals surface area contributed by atoms with Crippen molar-refractivity contribution in [2.75, 3.05) is 12.4 Å². The van der Waals surface area contributed by atoms with Gasteiger partial charge in [0.2, 0.25) is 0 Å². The van der Waals surface area contributed by atoms with E-state index in [1.165, 1.54) is 24.8 Å². The van der Waals surface area contributed by atoms with Gasteiger partial charge in [0.1, 0.15) is 27.6 Å². The van der Waals surface area contributed by atoms with Gasteiger partial charge in [-0.1, -0.05) is 30.3 Å². The predicted molar refractivity (Wildman–Crippen MR) is 110 cm³/mol. The summed E-state index contributed by atoms with van der Waals surface area (Å²) >= 11 is 1.29. The van der Waals surface area contributed by atoms with Crippen molar-refractivity contribution in [2.45, 2.75) is 6.92 Å². The highest BCUT2D eigenvalue weighted by Gasteiger charge is 2.20. The van der Waals surface area contributed by atoms with E-state index in [1.807, 2.05) is 61.5 Å². The number of hydrogen-bond donors (Lipinski definition) is 1. The monoisotopic (exact) mass is 391 g/mol. The van der Waals surface area contributed by atoms with Gasteiger partial charge in [-0.3, -0.25) is 0 Å². The highest BCUT2D eigenvalue weighted by Crippen LogP contribution is 2.37. The Bertz CT molecular complexity index is 1140. The van der Waals surface area contributed by atoms with Gasteiger partial charge in [-0.15, -0.1) is 11.3 Å². The minimum atomic E-state index is -0.376. The van der Waals surface area contributed by atoms with Gasteiger partial charge in [0.05, 0.1) is 18.2 Å². The lowest BCUT2D eigenvalue weighted by Gasteiger charge is -2.13. The number of methoxy groups -OCH3 is 1. The van der Waals surface area contributed by atoms with E-state index in [4.69, 9.17) is 9.47 Å². The zero-order valence-electron chi connectivity index (χ0n) is 15.3. The largest absolute Gasteiger partial charge is 0.465 e. The molecule has 7 heteroatoms. The first-order valence-corrected chi connectivity index (χ1v) is 9.40. The van der Waals surface area contributed by atoms with Crippen LogP contribution in [0.25, 0.3) is 10.2 Å². The van der Waals surface area contributed by atoms with Crippen molar-refractivity contribution in [1.82, 2.24) is 9.97 Å². The number of esters is 1. The van der Waals surface area contributed by atoms with E-state index in [9.17, 15) is 4.79 Å². The Labute approximate surface area is 165 Å². The molecule has 0 fully saturated rings. The molecular formula is C21H17N3O3S. The number of hydrogen-bond acceptors (Lipinski definition) is 7. The van der Waals surface area contributed by atoms with Gasteiger partial charge < -0.3 is 14.8 Å². The first-order chi connectivity index (χ1) is 13.7. The van der Waals surface area contributed by atoms with Crippen LogP contribution in [0.2, 0.25) is 0 Å². The molecule has 2 aromatic heterocycles. The van der Waals surface area contributed by atoms with Crippen LogP contribution < -0.4 is 10.1 Å². The summed E-state index contributed by atoms with van der Waals surface area (Å²) in [5.74, 6) is 1.64. The van der Waals surface area contributed by atoms with Crippen LogP contribution in [0.4, 0.5) is 11.5 Å². The Kier molecular flexibility index (Phi) is 4.90. The number of para-hydroxylation sites is 3. The molecule has 4 aromatic rings. The molecule has 0 atom stereocenters. The smallest absolute Gasteiger partial charge is 0.348 e. The molecule has 4 rings (SSSR count). The summed E-state index contributed by atoms with van der Waals surface area (Å²) in [7, 11) is 1.37. The van der Waals surface area contributed by atoms with Crippen molar-refractivity contribution in [3.63, 3.8) is 0 Å². The van der Waals surface area contributed by atoms with E-state index in [0.29, 0.717) is 16.4 Å². The van der Waals surface area contributed by atoms with Crippen molar-refractivity contribution in [2.24, 2.45) is 0 Å². The van der Waals surface area contributed by atoms with Crippen LogP contribution in [0.15, 0.2) is 60.9 Å². The van der Waals surface area contributed by atoms with Crippen LogP contribution in [0.3, 0.4) is 0 Å². The van der Waals surface area contributed by atoms with Crippen molar-refractivity contribution >= 4 is 39.0 Å². The van der Waals surface area contributed by atoms with Gasteiger partial charge in [-0.25, -0.2) is 14.8 Å². The molecule has 28 heavy (non-hydrogen) atoms. The molecule has 0 spiro atoms. The van der Waals surface area contributed by atoms with E-state index in [-0.39, 0.29) is 5.97 Å². The molecule has 0 radical (unpaired) electrons. The number of nitrogens with one attached hydrogen (secondary N) is 1. The minimum absolute atomic E-state index is 0.376. The fourth-order valence-corrected chi connectivity index (χ4v) is 3.92. The molecule has 0 saturated carbocycles. The number of nitrogens with zero attached hydrogens (tertiary/aromatic N) is 2.